The summed E-state index contributed by atoms with van der Waals surface area (Å²) in [6.07, 6.45) is 1.45. The van der Waals surface area contributed by atoms with Gasteiger partial charge in [0.25, 0.3) is 0 Å². The summed E-state index contributed by atoms with van der Waals surface area (Å²) in [6.45, 7) is 6.56. The number of carbonyl (C=O) groups excluding carboxylic acids is 1. The van der Waals surface area contributed by atoms with Gasteiger partial charge in [0.15, 0.2) is 0 Å². The molecule has 0 atom stereocenters. The first-order valence-corrected chi connectivity index (χ1v) is 7.15. The van der Waals surface area contributed by atoms with Crippen molar-refractivity contribution in [2.24, 2.45) is 0 Å². The maximum Gasteiger partial charge on any atom is 0.224 e. The molecule has 0 spiro atoms. The van der Waals surface area contributed by atoms with Crippen LogP contribution in [0.5, 0.6) is 0 Å². The third-order valence-corrected chi connectivity index (χ3v) is 3.61. The van der Waals surface area contributed by atoms with Gasteiger partial charge in [-0.25, -0.2) is 0 Å². The second kappa shape index (κ2) is 6.69. The Morgan fingerprint density at radius 3 is 2.72 bits per heavy atom. The third-order valence-electron chi connectivity index (χ3n) is 2.25. The number of hydrogen-bond acceptors (Lipinski definition) is 3. The lowest BCUT2D eigenvalue weighted by Crippen LogP contribution is -2.13. The minimum atomic E-state index is 0.0510. The lowest BCUT2D eigenvalue weighted by atomic mass is 10.2. The van der Waals surface area contributed by atoms with Crippen molar-refractivity contribution in [2.45, 2.75) is 38.4 Å². The first-order valence-electron chi connectivity index (χ1n) is 6.16. The Morgan fingerprint density at radius 2 is 2.11 bits per heavy atom. The Bertz CT molecular complexity index is 399. The normalized spacial score (nSPS) is 11.3. The van der Waals surface area contributed by atoms with Crippen LogP contribution < -0.4 is 11.1 Å². The Morgan fingerprint density at radius 1 is 1.39 bits per heavy atom. The Hall–Kier alpha value is -1.16. The van der Waals surface area contributed by atoms with E-state index in [0.29, 0.717) is 12.1 Å². The number of thioether (sulfide) groups is 1. The van der Waals surface area contributed by atoms with E-state index in [0.717, 1.165) is 17.9 Å². The maximum atomic E-state index is 11.7. The standard InChI is InChI=1S/C14H22N2OS/c1-14(2,3)18-9-5-8-13(17)16-12-7-4-6-11(15)10-12/h4,6-7,10H,5,8-9,15H2,1-3H3,(H,16,17). The minimum Gasteiger partial charge on any atom is -0.399 e. The monoisotopic (exact) mass is 266 g/mol. The molecular formula is C14H22N2OS. The van der Waals surface area contributed by atoms with Crippen LogP contribution >= 0.6 is 11.8 Å². The van der Waals surface area contributed by atoms with Crippen LogP contribution in [-0.4, -0.2) is 16.4 Å². The lowest BCUT2D eigenvalue weighted by molar-refractivity contribution is -0.116. The molecule has 100 valence electrons. The Balaban J connectivity index is 2.26. The zero-order valence-electron chi connectivity index (χ0n) is 11.3. The first kappa shape index (κ1) is 14.9. The van der Waals surface area contributed by atoms with E-state index in [1.54, 1.807) is 12.1 Å². The van der Waals surface area contributed by atoms with Crippen molar-refractivity contribution in [1.29, 1.82) is 0 Å². The van der Waals surface area contributed by atoms with Gasteiger partial charge in [0.1, 0.15) is 0 Å². The molecule has 3 N–H and O–H groups in total. The molecule has 0 aliphatic carbocycles. The summed E-state index contributed by atoms with van der Waals surface area (Å²) in [7, 11) is 0. The average molecular weight is 266 g/mol. The SMILES string of the molecule is CC(C)(C)SCCCC(=O)Nc1cccc(N)c1. The quantitative estimate of drug-likeness (QED) is 0.633. The summed E-state index contributed by atoms with van der Waals surface area (Å²) in [5.74, 6) is 1.06. The van der Waals surface area contributed by atoms with Crippen LogP contribution in [0.1, 0.15) is 33.6 Å². The van der Waals surface area contributed by atoms with E-state index in [1.807, 2.05) is 23.9 Å². The zero-order chi connectivity index (χ0) is 13.6. The fraction of sp³-hybridized carbons (Fsp3) is 0.500. The van der Waals surface area contributed by atoms with Gasteiger partial charge in [-0.2, -0.15) is 11.8 Å². The molecule has 0 saturated heterocycles. The predicted octanol–water partition coefficient (Wildman–Crippen LogP) is 3.52. The molecule has 18 heavy (non-hydrogen) atoms. The molecule has 0 bridgehead atoms. The van der Waals surface area contributed by atoms with Gasteiger partial charge in [0, 0.05) is 22.5 Å². The number of benzene rings is 1. The van der Waals surface area contributed by atoms with Crippen molar-refractivity contribution < 1.29 is 4.79 Å². The molecule has 0 aliphatic heterocycles. The van der Waals surface area contributed by atoms with Gasteiger partial charge in [-0.1, -0.05) is 26.8 Å². The van der Waals surface area contributed by atoms with E-state index < -0.39 is 0 Å². The van der Waals surface area contributed by atoms with Gasteiger partial charge < -0.3 is 11.1 Å². The number of nitrogens with two attached hydrogens (primary N) is 1. The van der Waals surface area contributed by atoms with Crippen molar-refractivity contribution >= 4 is 29.0 Å². The summed E-state index contributed by atoms with van der Waals surface area (Å²) in [4.78, 5) is 11.7. The van der Waals surface area contributed by atoms with Crippen LogP contribution in [0.15, 0.2) is 24.3 Å². The van der Waals surface area contributed by atoms with E-state index in [1.165, 1.54) is 0 Å². The zero-order valence-corrected chi connectivity index (χ0v) is 12.1. The highest BCUT2D eigenvalue weighted by atomic mass is 32.2. The highest BCUT2D eigenvalue weighted by molar-refractivity contribution is 8.00. The molecule has 0 fully saturated rings. The number of rotatable bonds is 5. The van der Waals surface area contributed by atoms with Crippen LogP contribution in [0.4, 0.5) is 11.4 Å². The number of nitrogen functional groups attached to an aromatic ring is 1. The van der Waals surface area contributed by atoms with Gasteiger partial charge in [-0.15, -0.1) is 0 Å². The first-order chi connectivity index (χ1) is 8.37. The van der Waals surface area contributed by atoms with E-state index in [2.05, 4.69) is 26.1 Å². The number of nitrogens with one attached hydrogen (secondary N) is 1. The third kappa shape index (κ3) is 6.55. The summed E-state index contributed by atoms with van der Waals surface area (Å²) < 4.78 is 0.268. The van der Waals surface area contributed by atoms with Crippen LogP contribution in [0.25, 0.3) is 0 Å². The molecule has 4 heteroatoms. The maximum absolute atomic E-state index is 11.7. The molecule has 1 aromatic rings. The second-order valence-corrected chi connectivity index (χ2v) is 7.16. The molecule has 0 radical (unpaired) electrons. The molecule has 1 aromatic carbocycles. The van der Waals surface area contributed by atoms with Gasteiger partial charge in [0.2, 0.25) is 5.91 Å². The molecule has 1 rings (SSSR count). The topological polar surface area (TPSA) is 55.1 Å². The van der Waals surface area contributed by atoms with E-state index in [9.17, 15) is 4.79 Å². The van der Waals surface area contributed by atoms with Crippen LogP contribution in [0.3, 0.4) is 0 Å². The molecule has 1 amide bonds. The predicted molar refractivity (Wildman–Crippen MR) is 80.9 cm³/mol. The summed E-state index contributed by atoms with van der Waals surface area (Å²) >= 11 is 1.88. The van der Waals surface area contributed by atoms with Crippen molar-refractivity contribution in [2.75, 3.05) is 16.8 Å². The number of anilines is 2. The smallest absolute Gasteiger partial charge is 0.224 e. The van der Waals surface area contributed by atoms with E-state index in [-0.39, 0.29) is 10.7 Å². The van der Waals surface area contributed by atoms with Crippen LogP contribution in [-0.2, 0) is 4.79 Å². The molecule has 0 unspecified atom stereocenters. The molecule has 3 nitrogen and oxygen atoms in total. The second-order valence-electron chi connectivity index (χ2n) is 5.24. The van der Waals surface area contributed by atoms with Crippen LogP contribution in [0.2, 0.25) is 0 Å². The van der Waals surface area contributed by atoms with Gasteiger partial charge in [-0.3, -0.25) is 4.79 Å². The van der Waals surface area contributed by atoms with Gasteiger partial charge in [0.05, 0.1) is 0 Å². The van der Waals surface area contributed by atoms with Crippen molar-refractivity contribution in [3.63, 3.8) is 0 Å². The minimum absolute atomic E-state index is 0.0510. The Labute approximate surface area is 114 Å². The summed E-state index contributed by atoms with van der Waals surface area (Å²) in [5, 5.41) is 2.85. The van der Waals surface area contributed by atoms with Crippen molar-refractivity contribution in [3.8, 4) is 0 Å². The van der Waals surface area contributed by atoms with Crippen LogP contribution in [0, 0.1) is 0 Å². The van der Waals surface area contributed by atoms with Crippen molar-refractivity contribution in [1.82, 2.24) is 0 Å². The molecular weight excluding hydrogens is 244 g/mol. The molecule has 0 aromatic heterocycles. The largest absolute Gasteiger partial charge is 0.399 e. The molecule has 0 aliphatic rings. The van der Waals surface area contributed by atoms with E-state index >= 15 is 0 Å². The highest BCUT2D eigenvalue weighted by Gasteiger charge is 2.10. The molecule has 0 saturated carbocycles. The van der Waals surface area contributed by atoms with Crippen molar-refractivity contribution in [3.05, 3.63) is 24.3 Å². The average Bonchev–Trinajstić information content (AvgIpc) is 2.23. The van der Waals surface area contributed by atoms with Gasteiger partial charge >= 0.3 is 0 Å². The number of hydrogen-bond donors (Lipinski definition) is 2. The highest BCUT2D eigenvalue weighted by Crippen LogP contribution is 2.24. The summed E-state index contributed by atoms with van der Waals surface area (Å²) in [5.41, 5.74) is 7.08. The number of amides is 1. The lowest BCUT2D eigenvalue weighted by Gasteiger charge is -2.17. The fourth-order valence-electron chi connectivity index (χ4n) is 1.45. The summed E-state index contributed by atoms with van der Waals surface area (Å²) in [6, 6.07) is 7.25. The Kier molecular flexibility index (Phi) is 5.54. The molecule has 0 heterocycles. The van der Waals surface area contributed by atoms with Gasteiger partial charge in [-0.05, 0) is 30.4 Å². The van der Waals surface area contributed by atoms with E-state index in [4.69, 9.17) is 5.73 Å². The fourth-order valence-corrected chi connectivity index (χ4v) is 2.35. The number of carbonyl (C=O) groups is 1.